The number of carbonyl (C=O) groups excluding carboxylic acids is 4. The summed E-state index contributed by atoms with van der Waals surface area (Å²) in [5, 5.41) is 4.69. The number of nitrogens with zero attached hydrogens (tertiary/aromatic N) is 2. The van der Waals surface area contributed by atoms with Crippen LogP contribution in [0, 0.1) is 6.92 Å². The van der Waals surface area contributed by atoms with Gasteiger partial charge in [-0.2, -0.15) is 0 Å². The molecule has 1 fully saturated rings. The van der Waals surface area contributed by atoms with Crippen molar-refractivity contribution in [3.63, 3.8) is 0 Å². The van der Waals surface area contributed by atoms with Gasteiger partial charge in [0.2, 0.25) is 18.3 Å². The van der Waals surface area contributed by atoms with Crippen LogP contribution in [0.3, 0.4) is 0 Å². The molecular formula is C31H42N2O11. The Morgan fingerprint density at radius 3 is 1.93 bits per heavy atom. The number of carbonyl (C=O) groups is 4. The Hall–Kier alpha value is -4.13. The van der Waals surface area contributed by atoms with E-state index in [0.29, 0.717) is 6.42 Å². The van der Waals surface area contributed by atoms with Gasteiger partial charge >= 0.3 is 23.9 Å². The lowest BCUT2D eigenvalue weighted by molar-refractivity contribution is -0.289. The largest absolute Gasteiger partial charge is 0.491 e. The highest BCUT2D eigenvalue weighted by atomic mass is 16.7. The number of benzene rings is 1. The minimum atomic E-state index is -1.40. The van der Waals surface area contributed by atoms with Crippen molar-refractivity contribution in [2.24, 2.45) is 0 Å². The van der Waals surface area contributed by atoms with E-state index in [9.17, 15) is 19.2 Å². The van der Waals surface area contributed by atoms with Crippen LogP contribution in [0.25, 0.3) is 0 Å². The summed E-state index contributed by atoms with van der Waals surface area (Å²) in [5.41, 5.74) is 2.53. The van der Waals surface area contributed by atoms with E-state index in [-0.39, 0.29) is 24.6 Å². The average Bonchev–Trinajstić information content (AvgIpc) is 3.21. The number of ether oxygens (including phenoxy) is 7. The maximum atomic E-state index is 12.2. The van der Waals surface area contributed by atoms with E-state index >= 15 is 0 Å². The van der Waals surface area contributed by atoms with E-state index in [1.807, 2.05) is 58.9 Å². The summed E-state index contributed by atoms with van der Waals surface area (Å²) >= 11 is 0. The minimum Gasteiger partial charge on any atom is -0.491 e. The molecule has 5 unspecified atom stereocenters. The van der Waals surface area contributed by atoms with E-state index in [1.165, 1.54) is 13.8 Å². The first-order chi connectivity index (χ1) is 20.7. The highest BCUT2D eigenvalue weighted by Gasteiger charge is 2.53. The zero-order valence-electron chi connectivity index (χ0n) is 26.7. The summed E-state index contributed by atoms with van der Waals surface area (Å²) in [7, 11) is 0. The fourth-order valence-corrected chi connectivity index (χ4v) is 4.88. The molecular weight excluding hydrogens is 576 g/mol. The topological polar surface area (TPSA) is 151 Å². The summed E-state index contributed by atoms with van der Waals surface area (Å²) in [6.45, 7) is 14.1. The summed E-state index contributed by atoms with van der Waals surface area (Å²) in [5.74, 6) is -1.86. The van der Waals surface area contributed by atoms with Gasteiger partial charge in [0.05, 0.1) is 6.10 Å². The Kier molecular flexibility index (Phi) is 11.7. The Bertz CT molecular complexity index is 1320. The van der Waals surface area contributed by atoms with Crippen LogP contribution >= 0.6 is 0 Å². The highest BCUT2D eigenvalue weighted by Crippen LogP contribution is 2.34. The van der Waals surface area contributed by atoms with Crippen molar-refractivity contribution < 1.29 is 52.3 Å². The smallest absolute Gasteiger partial charge is 0.303 e. The molecule has 1 aliphatic rings. The van der Waals surface area contributed by atoms with Crippen LogP contribution < -0.4 is 9.47 Å². The van der Waals surface area contributed by atoms with Crippen LogP contribution in [0.2, 0.25) is 0 Å². The predicted molar refractivity (Wildman–Crippen MR) is 155 cm³/mol. The lowest BCUT2D eigenvalue weighted by Gasteiger charge is -2.43. The molecule has 0 bridgehead atoms. The molecule has 0 N–H and O–H groups in total. The Labute approximate surface area is 257 Å². The zero-order valence-corrected chi connectivity index (χ0v) is 26.7. The second kappa shape index (κ2) is 15.0. The van der Waals surface area contributed by atoms with Gasteiger partial charge in [-0.05, 0) is 52.3 Å². The summed E-state index contributed by atoms with van der Waals surface area (Å²) in [4.78, 5) is 48.1. The predicted octanol–water partition coefficient (Wildman–Crippen LogP) is 3.61. The van der Waals surface area contributed by atoms with Gasteiger partial charge < -0.3 is 33.2 Å². The summed E-state index contributed by atoms with van der Waals surface area (Å²) < 4.78 is 41.7. The first kappa shape index (κ1) is 34.4. The van der Waals surface area contributed by atoms with Crippen molar-refractivity contribution in [3.8, 4) is 11.6 Å². The number of hydrogen-bond acceptors (Lipinski definition) is 12. The fourth-order valence-electron chi connectivity index (χ4n) is 4.88. The standard InChI is InChI=1S/C31H42N2O11/c1-16(2)33-18(5)25(14-23-10-12-24(13-11-23)39-17(3)4)30(32-33)44-31-29(42-22(9)37)28(41-21(8)36)27(40-20(7)35)26(43-31)15-38-19(6)34/h10-13,16-17,26-29,31H,14-15H2,1-9H3. The first-order valence-corrected chi connectivity index (χ1v) is 14.5. The monoisotopic (exact) mass is 618 g/mol. The molecule has 13 heteroatoms. The third-order valence-electron chi connectivity index (χ3n) is 6.58. The van der Waals surface area contributed by atoms with E-state index in [2.05, 4.69) is 0 Å². The second-order valence-electron chi connectivity index (χ2n) is 11.1. The molecule has 5 atom stereocenters. The fraction of sp³-hybridized carbons (Fsp3) is 0.581. The molecule has 1 aromatic heterocycles. The SMILES string of the molecule is CC(=O)OCC1OC(Oc2nn(C(C)C)c(C)c2Cc2ccc(OC(C)C)cc2)C(OC(C)=O)C(OC(C)=O)C1OC(C)=O. The minimum absolute atomic E-state index is 0.0247. The summed E-state index contributed by atoms with van der Waals surface area (Å²) in [6.07, 6.45) is -6.10. The van der Waals surface area contributed by atoms with Gasteiger partial charge in [0.25, 0.3) is 0 Å². The van der Waals surface area contributed by atoms with Crippen LogP contribution in [-0.2, 0) is 49.3 Å². The van der Waals surface area contributed by atoms with Crippen LogP contribution in [-0.4, -0.2) is 77.1 Å². The first-order valence-electron chi connectivity index (χ1n) is 14.5. The second-order valence-corrected chi connectivity index (χ2v) is 11.1. The van der Waals surface area contributed by atoms with Crippen molar-refractivity contribution in [1.82, 2.24) is 9.78 Å². The lowest BCUT2D eigenvalue weighted by Crippen LogP contribution is -2.63. The van der Waals surface area contributed by atoms with Crippen LogP contribution in [0.4, 0.5) is 0 Å². The van der Waals surface area contributed by atoms with E-state index < -0.39 is 54.6 Å². The quantitative estimate of drug-likeness (QED) is 0.252. The number of esters is 4. The molecule has 2 aromatic rings. The average molecular weight is 619 g/mol. The third kappa shape index (κ3) is 9.18. The third-order valence-corrected chi connectivity index (χ3v) is 6.58. The van der Waals surface area contributed by atoms with E-state index in [0.717, 1.165) is 36.4 Å². The van der Waals surface area contributed by atoms with E-state index in [1.54, 1.807) is 4.68 Å². The Morgan fingerprint density at radius 2 is 1.41 bits per heavy atom. The Balaban J connectivity index is 2.05. The molecule has 44 heavy (non-hydrogen) atoms. The molecule has 0 amide bonds. The maximum absolute atomic E-state index is 12.2. The van der Waals surface area contributed by atoms with Gasteiger partial charge in [0.15, 0.2) is 12.2 Å². The zero-order chi connectivity index (χ0) is 32.7. The molecule has 0 spiro atoms. The Morgan fingerprint density at radius 1 is 0.841 bits per heavy atom. The van der Waals surface area contributed by atoms with Gasteiger partial charge in [-0.15, -0.1) is 5.10 Å². The molecule has 0 radical (unpaired) electrons. The van der Waals surface area contributed by atoms with Crippen molar-refractivity contribution in [1.29, 1.82) is 0 Å². The summed E-state index contributed by atoms with van der Waals surface area (Å²) in [6, 6.07) is 7.64. The maximum Gasteiger partial charge on any atom is 0.303 e. The van der Waals surface area contributed by atoms with E-state index in [4.69, 9.17) is 38.3 Å². The number of aromatic nitrogens is 2. The van der Waals surface area contributed by atoms with Gasteiger partial charge in [-0.1, -0.05) is 12.1 Å². The van der Waals surface area contributed by atoms with Gasteiger partial charge in [-0.3, -0.25) is 23.9 Å². The number of rotatable bonds is 12. The highest BCUT2D eigenvalue weighted by molar-refractivity contribution is 5.68. The van der Waals surface area contributed by atoms with Crippen molar-refractivity contribution in [2.75, 3.05) is 6.61 Å². The van der Waals surface area contributed by atoms with Gasteiger partial charge in [0, 0.05) is 51.4 Å². The molecule has 1 aliphatic heterocycles. The molecule has 13 nitrogen and oxygen atoms in total. The lowest BCUT2D eigenvalue weighted by atomic mass is 9.98. The molecule has 2 heterocycles. The van der Waals surface area contributed by atoms with Crippen LogP contribution in [0.1, 0.15) is 78.3 Å². The molecule has 1 aromatic carbocycles. The van der Waals surface area contributed by atoms with Crippen LogP contribution in [0.5, 0.6) is 11.6 Å². The molecule has 3 rings (SSSR count). The molecule has 0 saturated carbocycles. The number of hydrogen-bond donors (Lipinski definition) is 0. The van der Waals surface area contributed by atoms with Crippen molar-refractivity contribution in [2.45, 2.75) is 112 Å². The van der Waals surface area contributed by atoms with Gasteiger partial charge in [0.1, 0.15) is 18.5 Å². The van der Waals surface area contributed by atoms with Crippen molar-refractivity contribution in [3.05, 3.63) is 41.1 Å². The van der Waals surface area contributed by atoms with Crippen molar-refractivity contribution >= 4 is 23.9 Å². The molecule has 0 aliphatic carbocycles. The molecule has 1 saturated heterocycles. The normalized spacial score (nSPS) is 21.5. The van der Waals surface area contributed by atoms with Crippen LogP contribution in [0.15, 0.2) is 24.3 Å². The van der Waals surface area contributed by atoms with Gasteiger partial charge in [-0.25, -0.2) is 0 Å². The molecule has 242 valence electrons.